The number of ether oxygens (including phenoxy) is 1. The standard InChI is InChI=1S/C25H32ClFN2O3/c1-5-21(30)28-14-25(15-28)9-10-29(16(2)11-25)23(31)19-13-32-24(3,4)12-18(19)17-7-6-8-20(27)22(17)26/h5-8,16,18-19H,1,9-15H2,2-4H3/t16-,18+,19-/m0/s1. The zero-order valence-electron chi connectivity index (χ0n) is 19.1. The van der Waals surface area contributed by atoms with Crippen LogP contribution in [0.4, 0.5) is 4.39 Å². The van der Waals surface area contributed by atoms with Gasteiger partial charge < -0.3 is 14.5 Å². The van der Waals surface area contributed by atoms with E-state index in [1.54, 1.807) is 6.07 Å². The highest BCUT2D eigenvalue weighted by Gasteiger charge is 2.50. The molecule has 3 saturated heterocycles. The van der Waals surface area contributed by atoms with Crippen molar-refractivity contribution in [3.8, 4) is 0 Å². The van der Waals surface area contributed by atoms with Crippen molar-refractivity contribution in [3.05, 3.63) is 47.3 Å². The molecule has 0 bridgehead atoms. The average molecular weight is 463 g/mol. The molecule has 5 nitrogen and oxygen atoms in total. The number of rotatable bonds is 3. The molecule has 7 heteroatoms. The maximum atomic E-state index is 14.2. The molecule has 3 heterocycles. The number of carbonyl (C=O) groups excluding carboxylic acids is 2. The highest BCUT2D eigenvalue weighted by Crippen LogP contribution is 2.46. The number of halogens is 2. The Morgan fingerprint density at radius 2 is 2.00 bits per heavy atom. The molecule has 2 amide bonds. The lowest BCUT2D eigenvalue weighted by Crippen LogP contribution is -2.64. The molecule has 3 atom stereocenters. The van der Waals surface area contributed by atoms with Crippen LogP contribution in [0.25, 0.3) is 0 Å². The number of nitrogens with zero attached hydrogens (tertiary/aromatic N) is 2. The van der Waals surface area contributed by atoms with Crippen LogP contribution in [0, 0.1) is 17.2 Å². The van der Waals surface area contributed by atoms with Gasteiger partial charge in [0.05, 0.1) is 23.1 Å². The molecule has 0 radical (unpaired) electrons. The van der Waals surface area contributed by atoms with Gasteiger partial charge in [0.15, 0.2) is 0 Å². The fraction of sp³-hybridized carbons (Fsp3) is 0.600. The van der Waals surface area contributed by atoms with Crippen LogP contribution in [0.5, 0.6) is 0 Å². The molecule has 174 valence electrons. The van der Waals surface area contributed by atoms with Gasteiger partial charge in [0.25, 0.3) is 0 Å². The van der Waals surface area contributed by atoms with Crippen molar-refractivity contribution in [3.63, 3.8) is 0 Å². The van der Waals surface area contributed by atoms with E-state index < -0.39 is 17.3 Å². The molecular weight excluding hydrogens is 431 g/mol. The monoisotopic (exact) mass is 462 g/mol. The van der Waals surface area contributed by atoms with E-state index >= 15 is 0 Å². The third-order valence-electron chi connectivity index (χ3n) is 7.51. The highest BCUT2D eigenvalue weighted by atomic mass is 35.5. The Bertz CT molecular complexity index is 928. The molecule has 0 aromatic heterocycles. The Labute approximate surface area is 194 Å². The van der Waals surface area contributed by atoms with Crippen LogP contribution in [0.3, 0.4) is 0 Å². The van der Waals surface area contributed by atoms with Crippen molar-refractivity contribution in [2.45, 2.75) is 57.6 Å². The molecule has 1 spiro atoms. The zero-order chi connectivity index (χ0) is 23.3. The minimum Gasteiger partial charge on any atom is -0.375 e. The Morgan fingerprint density at radius 1 is 1.28 bits per heavy atom. The van der Waals surface area contributed by atoms with Crippen molar-refractivity contribution in [2.75, 3.05) is 26.2 Å². The first kappa shape index (κ1) is 23.2. The predicted octanol–water partition coefficient (Wildman–Crippen LogP) is 4.40. The number of hydrogen-bond acceptors (Lipinski definition) is 3. The highest BCUT2D eigenvalue weighted by molar-refractivity contribution is 6.31. The van der Waals surface area contributed by atoms with Crippen LogP contribution in [-0.2, 0) is 14.3 Å². The lowest BCUT2D eigenvalue weighted by molar-refractivity contribution is -0.160. The van der Waals surface area contributed by atoms with Gasteiger partial charge in [-0.05, 0) is 57.7 Å². The number of hydrogen-bond donors (Lipinski definition) is 0. The average Bonchev–Trinajstić information content (AvgIpc) is 2.72. The number of likely N-dealkylation sites (tertiary alicyclic amines) is 2. The second kappa shape index (κ2) is 8.45. The maximum Gasteiger partial charge on any atom is 0.245 e. The van der Waals surface area contributed by atoms with Gasteiger partial charge in [0.1, 0.15) is 5.82 Å². The van der Waals surface area contributed by atoms with Gasteiger partial charge in [-0.1, -0.05) is 30.3 Å². The van der Waals surface area contributed by atoms with Crippen LogP contribution >= 0.6 is 11.6 Å². The summed E-state index contributed by atoms with van der Waals surface area (Å²) in [6.45, 7) is 12.0. The predicted molar refractivity (Wildman–Crippen MR) is 122 cm³/mol. The molecule has 4 rings (SSSR count). The van der Waals surface area contributed by atoms with Gasteiger partial charge in [-0.15, -0.1) is 0 Å². The van der Waals surface area contributed by atoms with Crippen molar-refractivity contribution >= 4 is 23.4 Å². The summed E-state index contributed by atoms with van der Waals surface area (Å²) >= 11 is 6.34. The second-order valence-corrected chi connectivity index (χ2v) is 10.7. The third-order valence-corrected chi connectivity index (χ3v) is 7.91. The van der Waals surface area contributed by atoms with Gasteiger partial charge >= 0.3 is 0 Å². The van der Waals surface area contributed by atoms with E-state index in [4.69, 9.17) is 16.3 Å². The third kappa shape index (κ3) is 4.19. The Balaban J connectivity index is 1.51. The summed E-state index contributed by atoms with van der Waals surface area (Å²) < 4.78 is 20.3. The van der Waals surface area contributed by atoms with E-state index in [0.29, 0.717) is 25.1 Å². The fourth-order valence-corrected chi connectivity index (χ4v) is 6.10. The van der Waals surface area contributed by atoms with Crippen molar-refractivity contribution in [1.29, 1.82) is 0 Å². The Kier molecular flexibility index (Phi) is 6.14. The SMILES string of the molecule is C=CC(=O)N1CC2(CCN(C(=O)[C@H]3COC(C)(C)C[C@@H]3c3cccc(F)c3Cl)[C@@H](C)C2)C1. The number of benzene rings is 1. The molecule has 0 saturated carbocycles. The van der Waals surface area contributed by atoms with E-state index in [0.717, 1.165) is 25.9 Å². The summed E-state index contributed by atoms with van der Waals surface area (Å²) in [6.07, 6.45) is 3.69. The first-order valence-electron chi connectivity index (χ1n) is 11.4. The molecule has 32 heavy (non-hydrogen) atoms. The van der Waals surface area contributed by atoms with Crippen molar-refractivity contribution < 1.29 is 18.7 Å². The zero-order valence-corrected chi connectivity index (χ0v) is 19.8. The Hall–Kier alpha value is -1.92. The molecule has 0 unspecified atom stereocenters. The van der Waals surface area contributed by atoms with Crippen molar-refractivity contribution in [1.82, 2.24) is 9.80 Å². The van der Waals surface area contributed by atoms with Gasteiger partial charge in [0.2, 0.25) is 11.8 Å². The summed E-state index contributed by atoms with van der Waals surface area (Å²) in [5, 5.41) is 0.0973. The summed E-state index contributed by atoms with van der Waals surface area (Å²) in [5.41, 5.74) is 0.354. The number of amides is 2. The van der Waals surface area contributed by atoms with E-state index in [9.17, 15) is 14.0 Å². The van der Waals surface area contributed by atoms with Gasteiger partial charge in [-0.25, -0.2) is 4.39 Å². The minimum atomic E-state index is -0.462. The summed E-state index contributed by atoms with van der Waals surface area (Å²) in [7, 11) is 0. The van der Waals surface area contributed by atoms with Gasteiger partial charge in [-0.2, -0.15) is 0 Å². The van der Waals surface area contributed by atoms with E-state index in [-0.39, 0.29) is 34.2 Å². The largest absolute Gasteiger partial charge is 0.375 e. The molecule has 0 aliphatic carbocycles. The van der Waals surface area contributed by atoms with Crippen LogP contribution in [0.1, 0.15) is 51.5 Å². The Morgan fingerprint density at radius 3 is 2.66 bits per heavy atom. The van der Waals surface area contributed by atoms with E-state index in [2.05, 4.69) is 13.5 Å². The lowest BCUT2D eigenvalue weighted by atomic mass is 9.69. The molecule has 3 aliphatic heterocycles. The van der Waals surface area contributed by atoms with E-state index in [1.165, 1.54) is 12.1 Å². The van der Waals surface area contributed by atoms with Gasteiger partial charge in [-0.3, -0.25) is 9.59 Å². The molecule has 3 aliphatic rings. The first-order valence-corrected chi connectivity index (χ1v) is 11.7. The summed E-state index contributed by atoms with van der Waals surface area (Å²) in [4.78, 5) is 29.3. The van der Waals surface area contributed by atoms with Gasteiger partial charge in [0, 0.05) is 37.0 Å². The van der Waals surface area contributed by atoms with Crippen LogP contribution in [0.2, 0.25) is 5.02 Å². The molecule has 1 aromatic carbocycles. The van der Waals surface area contributed by atoms with Crippen LogP contribution < -0.4 is 0 Å². The topological polar surface area (TPSA) is 49.9 Å². The molecular formula is C25H32ClFN2O3. The summed E-state index contributed by atoms with van der Waals surface area (Å²) in [5.74, 6) is -1.05. The number of piperidine rings is 1. The minimum absolute atomic E-state index is 0.0291. The van der Waals surface area contributed by atoms with Crippen LogP contribution in [0.15, 0.2) is 30.9 Å². The lowest BCUT2D eigenvalue weighted by Gasteiger charge is -2.56. The molecule has 1 aromatic rings. The van der Waals surface area contributed by atoms with Crippen molar-refractivity contribution in [2.24, 2.45) is 11.3 Å². The maximum absolute atomic E-state index is 14.2. The summed E-state index contributed by atoms with van der Waals surface area (Å²) in [6, 6.07) is 4.89. The normalized spacial score (nSPS) is 28.8. The molecule has 3 fully saturated rings. The second-order valence-electron chi connectivity index (χ2n) is 10.4. The van der Waals surface area contributed by atoms with Crippen LogP contribution in [-0.4, -0.2) is 59.5 Å². The quantitative estimate of drug-likeness (QED) is 0.625. The smallest absolute Gasteiger partial charge is 0.245 e. The van der Waals surface area contributed by atoms with E-state index in [1.807, 2.05) is 29.7 Å². The first-order chi connectivity index (χ1) is 15.1. The number of carbonyl (C=O) groups is 2. The fourth-order valence-electron chi connectivity index (χ4n) is 5.83. The molecule has 0 N–H and O–H groups in total.